The predicted molar refractivity (Wildman–Crippen MR) is 63.7 cm³/mol. The summed E-state index contributed by atoms with van der Waals surface area (Å²) < 4.78 is 10.6. The summed E-state index contributed by atoms with van der Waals surface area (Å²) in [4.78, 5) is 10.6. The minimum absolute atomic E-state index is 0.214. The molecule has 0 bridgehead atoms. The quantitative estimate of drug-likeness (QED) is 0.457. The van der Waals surface area contributed by atoms with E-state index < -0.39 is 0 Å². The van der Waals surface area contributed by atoms with E-state index in [1.807, 2.05) is 7.05 Å². The van der Waals surface area contributed by atoms with Crippen LogP contribution in [-0.2, 0) is 14.3 Å². The van der Waals surface area contributed by atoms with Gasteiger partial charge in [-0.05, 0) is 14.0 Å². The van der Waals surface area contributed by atoms with Gasteiger partial charge in [-0.1, -0.05) is 0 Å². The van der Waals surface area contributed by atoms with Gasteiger partial charge in [-0.3, -0.25) is 4.79 Å². The van der Waals surface area contributed by atoms with E-state index in [1.165, 1.54) is 0 Å². The Kier molecular flexibility index (Phi) is 12.2. The van der Waals surface area contributed by atoms with Gasteiger partial charge in [0, 0.05) is 26.1 Å². The second-order valence-corrected chi connectivity index (χ2v) is 3.53. The Morgan fingerprint density at radius 3 is 2.19 bits per heavy atom. The first-order chi connectivity index (χ1) is 7.77. The standard InChI is InChI=1S/C11H24N2O3/c1-11(14)3-4-13-6-8-16-10-9-15-7-5-12-2/h12-13H,3-10H2,1-2H3. The third-order valence-electron chi connectivity index (χ3n) is 1.95. The summed E-state index contributed by atoms with van der Waals surface area (Å²) in [7, 11) is 1.90. The van der Waals surface area contributed by atoms with E-state index in [4.69, 9.17) is 9.47 Å². The highest BCUT2D eigenvalue weighted by Gasteiger charge is 1.93. The average Bonchev–Trinajstić information content (AvgIpc) is 2.25. The van der Waals surface area contributed by atoms with E-state index in [0.717, 1.165) is 26.2 Å². The van der Waals surface area contributed by atoms with Crippen molar-refractivity contribution in [2.75, 3.05) is 53.1 Å². The van der Waals surface area contributed by atoms with Crippen LogP contribution in [-0.4, -0.2) is 58.9 Å². The Labute approximate surface area is 97.9 Å². The molecule has 0 rings (SSSR count). The first kappa shape index (κ1) is 15.5. The maximum atomic E-state index is 10.6. The Balaban J connectivity index is 2.90. The minimum atomic E-state index is 0.214. The molecular weight excluding hydrogens is 208 g/mol. The molecule has 0 atom stereocenters. The molecule has 0 radical (unpaired) electrons. The van der Waals surface area contributed by atoms with Crippen LogP contribution in [0.3, 0.4) is 0 Å². The highest BCUT2D eigenvalue weighted by molar-refractivity contribution is 5.75. The van der Waals surface area contributed by atoms with Crippen molar-refractivity contribution < 1.29 is 14.3 Å². The minimum Gasteiger partial charge on any atom is -0.378 e. The lowest BCUT2D eigenvalue weighted by molar-refractivity contribution is -0.116. The van der Waals surface area contributed by atoms with Crippen LogP contribution in [0.15, 0.2) is 0 Å². The van der Waals surface area contributed by atoms with Gasteiger partial charge in [0.2, 0.25) is 0 Å². The van der Waals surface area contributed by atoms with E-state index in [0.29, 0.717) is 26.2 Å². The molecule has 0 saturated carbocycles. The number of carbonyl (C=O) groups excluding carboxylic acids is 1. The number of carbonyl (C=O) groups is 1. The summed E-state index contributed by atoms with van der Waals surface area (Å²) in [6, 6.07) is 0. The van der Waals surface area contributed by atoms with Gasteiger partial charge in [-0.15, -0.1) is 0 Å². The summed E-state index contributed by atoms with van der Waals surface area (Å²) in [5.74, 6) is 0.214. The van der Waals surface area contributed by atoms with Crippen LogP contribution in [0.2, 0.25) is 0 Å². The summed E-state index contributed by atoms with van der Waals surface area (Å²) in [5.41, 5.74) is 0. The van der Waals surface area contributed by atoms with E-state index in [-0.39, 0.29) is 5.78 Å². The van der Waals surface area contributed by atoms with Gasteiger partial charge >= 0.3 is 0 Å². The molecule has 0 unspecified atom stereocenters. The topological polar surface area (TPSA) is 59.6 Å². The van der Waals surface area contributed by atoms with Gasteiger partial charge in [0.15, 0.2) is 0 Å². The molecule has 5 nitrogen and oxygen atoms in total. The predicted octanol–water partition coefficient (Wildman–Crippen LogP) is -0.192. The highest BCUT2D eigenvalue weighted by Crippen LogP contribution is 1.80. The second kappa shape index (κ2) is 12.6. The summed E-state index contributed by atoms with van der Waals surface area (Å²) >= 11 is 0. The van der Waals surface area contributed by atoms with Crippen LogP contribution < -0.4 is 10.6 Å². The third kappa shape index (κ3) is 13.5. The lowest BCUT2D eigenvalue weighted by Gasteiger charge is -2.06. The molecule has 0 amide bonds. The van der Waals surface area contributed by atoms with E-state index in [2.05, 4.69) is 10.6 Å². The number of likely N-dealkylation sites (N-methyl/N-ethyl adjacent to an activating group) is 1. The Morgan fingerprint density at radius 1 is 1.00 bits per heavy atom. The first-order valence-corrected chi connectivity index (χ1v) is 5.77. The fourth-order valence-electron chi connectivity index (χ4n) is 1.03. The molecule has 0 aliphatic rings. The fraction of sp³-hybridized carbons (Fsp3) is 0.909. The van der Waals surface area contributed by atoms with Gasteiger partial charge in [0.1, 0.15) is 5.78 Å². The highest BCUT2D eigenvalue weighted by atomic mass is 16.5. The van der Waals surface area contributed by atoms with Gasteiger partial charge in [-0.25, -0.2) is 0 Å². The zero-order chi connectivity index (χ0) is 12.1. The average molecular weight is 232 g/mol. The van der Waals surface area contributed by atoms with Crippen LogP contribution >= 0.6 is 0 Å². The number of rotatable bonds is 12. The van der Waals surface area contributed by atoms with Gasteiger partial charge in [-0.2, -0.15) is 0 Å². The normalized spacial score (nSPS) is 10.6. The van der Waals surface area contributed by atoms with Crippen molar-refractivity contribution in [3.63, 3.8) is 0 Å². The Bertz CT molecular complexity index is 165. The molecule has 0 aliphatic carbocycles. The molecule has 16 heavy (non-hydrogen) atoms. The number of nitrogens with one attached hydrogen (secondary N) is 2. The van der Waals surface area contributed by atoms with Crippen molar-refractivity contribution in [2.24, 2.45) is 0 Å². The smallest absolute Gasteiger partial charge is 0.131 e. The Hall–Kier alpha value is -0.490. The zero-order valence-electron chi connectivity index (χ0n) is 10.4. The molecule has 0 spiro atoms. The van der Waals surface area contributed by atoms with E-state index >= 15 is 0 Å². The lowest BCUT2D eigenvalue weighted by atomic mass is 10.3. The molecule has 0 aromatic carbocycles. The molecule has 96 valence electrons. The maximum Gasteiger partial charge on any atom is 0.131 e. The number of hydrogen-bond donors (Lipinski definition) is 2. The molecule has 0 aromatic heterocycles. The van der Waals surface area contributed by atoms with E-state index in [9.17, 15) is 4.79 Å². The van der Waals surface area contributed by atoms with Gasteiger partial charge < -0.3 is 20.1 Å². The number of Topliss-reactive ketones (excluding diaryl/α,β-unsaturated/α-hetero) is 1. The SMILES string of the molecule is CNCCOCCOCCNCCC(C)=O. The number of ether oxygens (including phenoxy) is 2. The Morgan fingerprint density at radius 2 is 1.62 bits per heavy atom. The largest absolute Gasteiger partial charge is 0.378 e. The molecule has 0 aromatic rings. The molecule has 0 heterocycles. The van der Waals surface area contributed by atoms with Crippen LogP contribution in [0, 0.1) is 0 Å². The number of ketones is 1. The van der Waals surface area contributed by atoms with Crippen molar-refractivity contribution >= 4 is 5.78 Å². The first-order valence-electron chi connectivity index (χ1n) is 5.77. The number of hydrogen-bond acceptors (Lipinski definition) is 5. The second-order valence-electron chi connectivity index (χ2n) is 3.53. The van der Waals surface area contributed by atoms with Crippen LogP contribution in [0.4, 0.5) is 0 Å². The molecule has 0 aliphatic heterocycles. The van der Waals surface area contributed by atoms with Gasteiger partial charge in [0.05, 0.1) is 26.4 Å². The molecule has 0 saturated heterocycles. The van der Waals surface area contributed by atoms with Crippen LogP contribution in [0.5, 0.6) is 0 Å². The lowest BCUT2D eigenvalue weighted by Crippen LogP contribution is -2.23. The van der Waals surface area contributed by atoms with Crippen LogP contribution in [0.1, 0.15) is 13.3 Å². The van der Waals surface area contributed by atoms with Crippen molar-refractivity contribution in [1.82, 2.24) is 10.6 Å². The van der Waals surface area contributed by atoms with Crippen molar-refractivity contribution in [3.05, 3.63) is 0 Å². The third-order valence-corrected chi connectivity index (χ3v) is 1.95. The van der Waals surface area contributed by atoms with Crippen LogP contribution in [0.25, 0.3) is 0 Å². The fourth-order valence-corrected chi connectivity index (χ4v) is 1.03. The van der Waals surface area contributed by atoms with Crippen molar-refractivity contribution in [2.45, 2.75) is 13.3 Å². The van der Waals surface area contributed by atoms with Crippen molar-refractivity contribution in [3.8, 4) is 0 Å². The molecule has 0 fully saturated rings. The summed E-state index contributed by atoms with van der Waals surface area (Å²) in [6.07, 6.45) is 0.590. The van der Waals surface area contributed by atoms with Crippen molar-refractivity contribution in [1.29, 1.82) is 0 Å². The molecule has 2 N–H and O–H groups in total. The van der Waals surface area contributed by atoms with E-state index in [1.54, 1.807) is 6.92 Å². The monoisotopic (exact) mass is 232 g/mol. The van der Waals surface area contributed by atoms with Gasteiger partial charge in [0.25, 0.3) is 0 Å². The zero-order valence-corrected chi connectivity index (χ0v) is 10.4. The molecular formula is C11H24N2O3. The summed E-state index contributed by atoms with van der Waals surface area (Å²) in [5, 5.41) is 6.13. The molecule has 5 heteroatoms. The maximum absolute atomic E-state index is 10.6. The summed E-state index contributed by atoms with van der Waals surface area (Å²) in [6.45, 7) is 6.62.